The third-order valence-electron chi connectivity index (χ3n) is 3.46. The summed E-state index contributed by atoms with van der Waals surface area (Å²) in [6.45, 7) is 8.29. The van der Waals surface area contributed by atoms with Gasteiger partial charge in [-0.15, -0.1) is 0 Å². The highest BCUT2D eigenvalue weighted by Gasteiger charge is 2.19. The lowest BCUT2D eigenvalue weighted by molar-refractivity contribution is 0.101. The molecule has 0 fully saturated rings. The number of carbonyl (C=O) groups excluding carboxylic acids is 1. The first-order valence-corrected chi connectivity index (χ1v) is 8.27. The summed E-state index contributed by atoms with van der Waals surface area (Å²) in [6, 6.07) is 9.47. The standard InChI is InChI=1S/C17H21NO2S/c1-12-7-8-13(17(2,3)4)10-16(12)21(20)11-15(19)14-6-5-9-18-14/h5-10,18H,11H2,1-4H3. The van der Waals surface area contributed by atoms with Crippen LogP contribution in [0.3, 0.4) is 0 Å². The number of aromatic nitrogens is 1. The van der Waals surface area contributed by atoms with Gasteiger partial charge in [0.25, 0.3) is 0 Å². The van der Waals surface area contributed by atoms with E-state index < -0.39 is 10.8 Å². The first kappa shape index (κ1) is 15.7. The molecular weight excluding hydrogens is 282 g/mol. The third kappa shape index (κ3) is 3.70. The molecule has 1 heterocycles. The molecule has 0 aliphatic heterocycles. The van der Waals surface area contributed by atoms with Gasteiger partial charge in [0, 0.05) is 11.1 Å². The van der Waals surface area contributed by atoms with Crippen LogP contribution < -0.4 is 0 Å². The van der Waals surface area contributed by atoms with E-state index in [0.717, 1.165) is 16.0 Å². The molecule has 0 bridgehead atoms. The highest BCUT2D eigenvalue weighted by atomic mass is 32.2. The van der Waals surface area contributed by atoms with Crippen molar-refractivity contribution in [1.82, 2.24) is 4.98 Å². The van der Waals surface area contributed by atoms with Crippen molar-refractivity contribution in [3.8, 4) is 0 Å². The van der Waals surface area contributed by atoms with E-state index in [9.17, 15) is 9.00 Å². The molecular formula is C17H21NO2S. The van der Waals surface area contributed by atoms with Crippen molar-refractivity contribution in [2.45, 2.75) is 38.0 Å². The Hall–Kier alpha value is -1.68. The van der Waals surface area contributed by atoms with Gasteiger partial charge in [0.05, 0.1) is 22.2 Å². The molecule has 3 nitrogen and oxygen atoms in total. The van der Waals surface area contributed by atoms with Crippen molar-refractivity contribution in [3.05, 3.63) is 53.3 Å². The van der Waals surface area contributed by atoms with Crippen LogP contribution in [0.15, 0.2) is 41.4 Å². The van der Waals surface area contributed by atoms with E-state index in [4.69, 9.17) is 0 Å². The average molecular weight is 303 g/mol. The number of Topliss-reactive ketones (excluding diaryl/α,β-unsaturated/α-hetero) is 1. The first-order valence-electron chi connectivity index (χ1n) is 6.95. The topological polar surface area (TPSA) is 49.9 Å². The Morgan fingerprint density at radius 2 is 1.95 bits per heavy atom. The van der Waals surface area contributed by atoms with Crippen molar-refractivity contribution in [1.29, 1.82) is 0 Å². The van der Waals surface area contributed by atoms with E-state index in [1.165, 1.54) is 0 Å². The van der Waals surface area contributed by atoms with Crippen molar-refractivity contribution in [2.75, 3.05) is 5.75 Å². The van der Waals surface area contributed by atoms with Crippen molar-refractivity contribution < 1.29 is 9.00 Å². The second-order valence-corrected chi connectivity index (χ2v) is 7.65. The second-order valence-electron chi connectivity index (χ2n) is 6.23. The van der Waals surface area contributed by atoms with E-state index >= 15 is 0 Å². The van der Waals surface area contributed by atoms with Gasteiger partial charge in [-0.05, 0) is 41.7 Å². The van der Waals surface area contributed by atoms with Crippen LogP contribution in [0.5, 0.6) is 0 Å². The molecule has 0 radical (unpaired) electrons. The monoisotopic (exact) mass is 303 g/mol. The molecule has 0 amide bonds. The number of hydrogen-bond acceptors (Lipinski definition) is 2. The number of hydrogen-bond donors (Lipinski definition) is 1. The summed E-state index contributed by atoms with van der Waals surface area (Å²) in [7, 11) is -1.32. The number of nitrogens with one attached hydrogen (secondary N) is 1. The van der Waals surface area contributed by atoms with E-state index in [1.54, 1.807) is 18.3 Å². The summed E-state index contributed by atoms with van der Waals surface area (Å²) < 4.78 is 12.5. The van der Waals surface area contributed by atoms with Gasteiger partial charge in [-0.2, -0.15) is 0 Å². The SMILES string of the molecule is Cc1ccc(C(C)(C)C)cc1S(=O)CC(=O)c1ccc[nH]1. The Bertz CT molecular complexity index is 667. The van der Waals surface area contributed by atoms with E-state index in [2.05, 4.69) is 31.8 Å². The number of carbonyl (C=O) groups is 1. The van der Waals surface area contributed by atoms with Crippen LogP contribution in [0.1, 0.15) is 42.4 Å². The summed E-state index contributed by atoms with van der Waals surface area (Å²) in [6.07, 6.45) is 1.70. The van der Waals surface area contributed by atoms with Gasteiger partial charge in [-0.25, -0.2) is 0 Å². The predicted octanol–water partition coefficient (Wildman–Crippen LogP) is 3.61. The number of aromatic amines is 1. The highest BCUT2D eigenvalue weighted by molar-refractivity contribution is 7.85. The zero-order valence-electron chi connectivity index (χ0n) is 12.9. The number of benzene rings is 1. The van der Waals surface area contributed by atoms with Crippen LogP contribution in [0.2, 0.25) is 0 Å². The lowest BCUT2D eigenvalue weighted by Gasteiger charge is -2.20. The lowest BCUT2D eigenvalue weighted by atomic mass is 9.87. The summed E-state index contributed by atoms with van der Waals surface area (Å²) >= 11 is 0. The minimum absolute atomic E-state index is 0.00385. The molecule has 1 atom stereocenters. The van der Waals surface area contributed by atoms with Crippen LogP contribution >= 0.6 is 0 Å². The molecule has 0 saturated heterocycles. The summed E-state index contributed by atoms with van der Waals surface area (Å²) in [5.74, 6) is -0.117. The number of ketones is 1. The highest BCUT2D eigenvalue weighted by Crippen LogP contribution is 2.26. The van der Waals surface area contributed by atoms with Gasteiger partial charge < -0.3 is 4.98 Å². The molecule has 21 heavy (non-hydrogen) atoms. The van der Waals surface area contributed by atoms with Gasteiger partial charge in [-0.1, -0.05) is 32.9 Å². The second kappa shape index (κ2) is 5.98. The minimum Gasteiger partial charge on any atom is -0.359 e. The lowest BCUT2D eigenvalue weighted by Crippen LogP contribution is -2.15. The Labute approximate surface area is 128 Å². The molecule has 2 aromatic rings. The maximum Gasteiger partial charge on any atom is 0.191 e. The zero-order valence-corrected chi connectivity index (χ0v) is 13.7. The fraction of sp³-hybridized carbons (Fsp3) is 0.353. The summed E-state index contributed by atoms with van der Waals surface area (Å²) in [5.41, 5.74) is 2.59. The van der Waals surface area contributed by atoms with Gasteiger partial charge in [0.2, 0.25) is 0 Å². The minimum atomic E-state index is -1.32. The Morgan fingerprint density at radius 1 is 1.24 bits per heavy atom. The van der Waals surface area contributed by atoms with E-state index in [0.29, 0.717) is 5.69 Å². The van der Waals surface area contributed by atoms with Crippen molar-refractivity contribution in [3.63, 3.8) is 0 Å². The zero-order chi connectivity index (χ0) is 15.6. The van der Waals surface area contributed by atoms with Crippen molar-refractivity contribution in [2.24, 2.45) is 0 Å². The van der Waals surface area contributed by atoms with Gasteiger partial charge >= 0.3 is 0 Å². The smallest absolute Gasteiger partial charge is 0.191 e. The molecule has 2 rings (SSSR count). The molecule has 4 heteroatoms. The third-order valence-corrected chi connectivity index (χ3v) is 4.91. The Morgan fingerprint density at radius 3 is 2.52 bits per heavy atom. The maximum atomic E-state index is 12.5. The first-order chi connectivity index (χ1) is 9.79. The summed E-state index contributed by atoms with van der Waals surface area (Å²) in [4.78, 5) is 15.7. The molecule has 112 valence electrons. The number of rotatable bonds is 4. The molecule has 1 N–H and O–H groups in total. The fourth-order valence-corrected chi connectivity index (χ4v) is 3.32. The van der Waals surface area contributed by atoms with Gasteiger partial charge in [0.1, 0.15) is 0 Å². The molecule has 1 unspecified atom stereocenters. The van der Waals surface area contributed by atoms with Crippen LogP contribution in [0.25, 0.3) is 0 Å². The Kier molecular flexibility index (Phi) is 4.47. The molecule has 0 spiro atoms. The largest absolute Gasteiger partial charge is 0.359 e. The van der Waals surface area contributed by atoms with Crippen molar-refractivity contribution >= 4 is 16.6 Å². The fourth-order valence-electron chi connectivity index (χ4n) is 2.09. The number of H-pyrrole nitrogens is 1. The summed E-state index contributed by atoms with van der Waals surface area (Å²) in [5, 5.41) is 0. The molecule has 0 aliphatic rings. The van der Waals surface area contributed by atoms with Crippen LogP contribution in [0, 0.1) is 6.92 Å². The molecule has 0 aliphatic carbocycles. The maximum absolute atomic E-state index is 12.5. The molecule has 1 aromatic heterocycles. The molecule has 0 saturated carbocycles. The average Bonchev–Trinajstić information content (AvgIpc) is 2.91. The van der Waals surface area contributed by atoms with E-state index in [1.807, 2.05) is 19.1 Å². The number of aryl methyl sites for hydroxylation is 1. The predicted molar refractivity (Wildman–Crippen MR) is 86.3 cm³/mol. The van der Waals surface area contributed by atoms with Gasteiger partial charge in [0.15, 0.2) is 5.78 Å². The van der Waals surface area contributed by atoms with E-state index in [-0.39, 0.29) is 17.0 Å². The van der Waals surface area contributed by atoms with Crippen LogP contribution in [0.4, 0.5) is 0 Å². The van der Waals surface area contributed by atoms with Crippen LogP contribution in [-0.2, 0) is 16.2 Å². The van der Waals surface area contributed by atoms with Crippen LogP contribution in [-0.4, -0.2) is 20.7 Å². The Balaban J connectivity index is 2.25. The van der Waals surface area contributed by atoms with Gasteiger partial charge in [-0.3, -0.25) is 9.00 Å². The quantitative estimate of drug-likeness (QED) is 0.877. The normalized spacial score (nSPS) is 13.1. The molecule has 1 aromatic carbocycles.